The SMILES string of the molecule is CCCCS(=O)(=O)N1CCCC1C(=O)Nc1ccc(N)nc1. The van der Waals surface area contributed by atoms with Crippen LogP contribution in [0.3, 0.4) is 0 Å². The van der Waals surface area contributed by atoms with E-state index in [1.165, 1.54) is 10.5 Å². The number of nitrogens with two attached hydrogens (primary N) is 1. The van der Waals surface area contributed by atoms with Crippen molar-refractivity contribution < 1.29 is 13.2 Å². The minimum Gasteiger partial charge on any atom is -0.384 e. The van der Waals surface area contributed by atoms with Crippen molar-refractivity contribution in [2.24, 2.45) is 0 Å². The summed E-state index contributed by atoms with van der Waals surface area (Å²) in [6.07, 6.45) is 4.11. The Bertz CT molecular complexity index is 615. The lowest BCUT2D eigenvalue weighted by Crippen LogP contribution is -2.44. The zero-order valence-electron chi connectivity index (χ0n) is 12.7. The van der Waals surface area contributed by atoms with Crippen LogP contribution in [0.5, 0.6) is 0 Å². The van der Waals surface area contributed by atoms with E-state index in [4.69, 9.17) is 5.73 Å². The minimum absolute atomic E-state index is 0.0940. The number of nitrogen functional groups attached to an aromatic ring is 1. The number of carbonyl (C=O) groups excluding carboxylic acids is 1. The number of amides is 1. The fraction of sp³-hybridized carbons (Fsp3) is 0.571. The van der Waals surface area contributed by atoms with Crippen molar-refractivity contribution in [3.05, 3.63) is 18.3 Å². The van der Waals surface area contributed by atoms with Gasteiger partial charge in [-0.05, 0) is 31.4 Å². The molecule has 1 saturated heterocycles. The molecule has 0 aromatic carbocycles. The highest BCUT2D eigenvalue weighted by Crippen LogP contribution is 2.23. The Kier molecular flexibility index (Phi) is 5.36. The van der Waals surface area contributed by atoms with Crippen LogP contribution >= 0.6 is 0 Å². The summed E-state index contributed by atoms with van der Waals surface area (Å²) in [4.78, 5) is 16.3. The van der Waals surface area contributed by atoms with Crippen molar-refractivity contribution >= 4 is 27.4 Å². The Balaban J connectivity index is 2.06. The van der Waals surface area contributed by atoms with E-state index in [0.29, 0.717) is 37.3 Å². The number of hydrogen-bond acceptors (Lipinski definition) is 5. The average Bonchev–Trinajstić information content (AvgIpc) is 2.98. The van der Waals surface area contributed by atoms with E-state index in [9.17, 15) is 13.2 Å². The van der Waals surface area contributed by atoms with E-state index in [1.54, 1.807) is 12.1 Å². The summed E-state index contributed by atoms with van der Waals surface area (Å²) in [5.74, 6) is 0.142. The molecule has 2 rings (SSSR count). The van der Waals surface area contributed by atoms with Crippen LogP contribution in [0.1, 0.15) is 32.6 Å². The molecular weight excluding hydrogens is 304 g/mol. The smallest absolute Gasteiger partial charge is 0.242 e. The summed E-state index contributed by atoms with van der Waals surface area (Å²) in [5.41, 5.74) is 6.01. The highest BCUT2D eigenvalue weighted by atomic mass is 32.2. The van der Waals surface area contributed by atoms with Crippen molar-refractivity contribution in [1.29, 1.82) is 0 Å². The minimum atomic E-state index is -3.38. The van der Waals surface area contributed by atoms with Gasteiger partial charge < -0.3 is 11.1 Å². The monoisotopic (exact) mass is 326 g/mol. The number of sulfonamides is 1. The number of nitrogens with one attached hydrogen (secondary N) is 1. The Morgan fingerprint density at radius 2 is 2.27 bits per heavy atom. The molecule has 1 unspecified atom stereocenters. The maximum atomic E-state index is 12.4. The third-order valence-electron chi connectivity index (χ3n) is 3.67. The standard InChI is InChI=1S/C14H22N4O3S/c1-2-3-9-22(20,21)18-8-4-5-12(18)14(19)17-11-6-7-13(15)16-10-11/h6-7,10,12H,2-5,8-9H2,1H3,(H2,15,16)(H,17,19). The Morgan fingerprint density at radius 1 is 1.50 bits per heavy atom. The van der Waals surface area contributed by atoms with Gasteiger partial charge in [0.2, 0.25) is 15.9 Å². The van der Waals surface area contributed by atoms with Gasteiger partial charge in [0.05, 0.1) is 17.6 Å². The number of carbonyl (C=O) groups is 1. The number of anilines is 2. The van der Waals surface area contributed by atoms with Crippen LogP contribution in [0.15, 0.2) is 18.3 Å². The van der Waals surface area contributed by atoms with Crippen molar-refractivity contribution in [3.8, 4) is 0 Å². The molecule has 8 heteroatoms. The van der Waals surface area contributed by atoms with E-state index >= 15 is 0 Å². The van der Waals surface area contributed by atoms with Gasteiger partial charge in [-0.2, -0.15) is 4.31 Å². The maximum absolute atomic E-state index is 12.4. The molecule has 0 saturated carbocycles. The molecule has 0 spiro atoms. The van der Waals surface area contributed by atoms with E-state index < -0.39 is 16.1 Å². The lowest BCUT2D eigenvalue weighted by Gasteiger charge is -2.23. The normalized spacial score (nSPS) is 19.2. The van der Waals surface area contributed by atoms with Gasteiger partial charge in [-0.25, -0.2) is 13.4 Å². The van der Waals surface area contributed by atoms with E-state index in [-0.39, 0.29) is 11.7 Å². The summed E-state index contributed by atoms with van der Waals surface area (Å²) in [6.45, 7) is 2.35. The summed E-state index contributed by atoms with van der Waals surface area (Å²) in [7, 11) is -3.38. The largest absolute Gasteiger partial charge is 0.384 e. The van der Waals surface area contributed by atoms with Crippen LogP contribution in [-0.2, 0) is 14.8 Å². The summed E-state index contributed by atoms with van der Waals surface area (Å²) >= 11 is 0. The average molecular weight is 326 g/mol. The lowest BCUT2D eigenvalue weighted by molar-refractivity contribution is -0.119. The zero-order chi connectivity index (χ0) is 16.2. The summed E-state index contributed by atoms with van der Waals surface area (Å²) in [6, 6.07) is 2.59. The Morgan fingerprint density at radius 3 is 2.91 bits per heavy atom. The molecule has 122 valence electrons. The van der Waals surface area contributed by atoms with E-state index in [0.717, 1.165) is 6.42 Å². The van der Waals surface area contributed by atoms with Gasteiger partial charge in [-0.3, -0.25) is 4.79 Å². The molecule has 1 aliphatic heterocycles. The summed E-state index contributed by atoms with van der Waals surface area (Å²) in [5, 5.41) is 2.71. The predicted octanol–water partition coefficient (Wildman–Crippen LogP) is 1.20. The van der Waals surface area contributed by atoms with Gasteiger partial charge in [0.25, 0.3) is 0 Å². The van der Waals surface area contributed by atoms with Crippen LogP contribution in [-0.4, -0.2) is 42.0 Å². The van der Waals surface area contributed by atoms with Crippen LogP contribution in [0.25, 0.3) is 0 Å². The second-order valence-electron chi connectivity index (χ2n) is 5.40. The number of rotatable bonds is 6. The van der Waals surface area contributed by atoms with Gasteiger partial charge in [0.15, 0.2) is 0 Å². The second-order valence-corrected chi connectivity index (χ2v) is 7.44. The number of nitrogens with zero attached hydrogens (tertiary/aromatic N) is 2. The van der Waals surface area contributed by atoms with Crippen LogP contribution in [0.4, 0.5) is 11.5 Å². The Labute approximate surface area is 131 Å². The number of pyridine rings is 1. The molecule has 3 N–H and O–H groups in total. The highest BCUT2D eigenvalue weighted by molar-refractivity contribution is 7.89. The van der Waals surface area contributed by atoms with Crippen LogP contribution in [0.2, 0.25) is 0 Å². The predicted molar refractivity (Wildman–Crippen MR) is 85.7 cm³/mol. The quantitative estimate of drug-likeness (QED) is 0.817. The lowest BCUT2D eigenvalue weighted by atomic mass is 10.2. The zero-order valence-corrected chi connectivity index (χ0v) is 13.5. The third kappa shape index (κ3) is 3.95. The van der Waals surface area contributed by atoms with Gasteiger partial charge in [0.1, 0.15) is 11.9 Å². The first-order chi connectivity index (χ1) is 10.4. The first kappa shape index (κ1) is 16.7. The highest BCUT2D eigenvalue weighted by Gasteiger charge is 2.38. The third-order valence-corrected chi connectivity index (χ3v) is 5.63. The molecule has 0 radical (unpaired) electrons. The fourth-order valence-electron chi connectivity index (χ4n) is 2.48. The first-order valence-electron chi connectivity index (χ1n) is 7.46. The summed E-state index contributed by atoms with van der Waals surface area (Å²) < 4.78 is 26.0. The van der Waals surface area contributed by atoms with E-state index in [2.05, 4.69) is 10.3 Å². The molecule has 1 atom stereocenters. The molecule has 2 heterocycles. The van der Waals surface area contributed by atoms with Crippen molar-refractivity contribution in [2.75, 3.05) is 23.3 Å². The molecular formula is C14H22N4O3S. The molecule has 1 aliphatic rings. The van der Waals surface area contributed by atoms with Gasteiger partial charge >= 0.3 is 0 Å². The molecule has 1 aromatic heterocycles. The maximum Gasteiger partial charge on any atom is 0.242 e. The molecule has 1 amide bonds. The van der Waals surface area contributed by atoms with Gasteiger partial charge in [-0.1, -0.05) is 13.3 Å². The van der Waals surface area contributed by atoms with Crippen LogP contribution < -0.4 is 11.1 Å². The fourth-order valence-corrected chi connectivity index (χ4v) is 4.37. The molecule has 0 aliphatic carbocycles. The topological polar surface area (TPSA) is 105 Å². The first-order valence-corrected chi connectivity index (χ1v) is 9.07. The molecule has 1 fully saturated rings. The molecule has 1 aromatic rings. The number of hydrogen-bond donors (Lipinski definition) is 2. The number of unbranched alkanes of at least 4 members (excludes halogenated alkanes) is 1. The van der Waals surface area contributed by atoms with Crippen molar-refractivity contribution in [3.63, 3.8) is 0 Å². The Hall–Kier alpha value is -1.67. The van der Waals surface area contributed by atoms with Gasteiger partial charge in [-0.15, -0.1) is 0 Å². The van der Waals surface area contributed by atoms with Gasteiger partial charge in [0, 0.05) is 6.54 Å². The second kappa shape index (κ2) is 7.06. The number of aromatic nitrogens is 1. The van der Waals surface area contributed by atoms with Crippen LogP contribution in [0, 0.1) is 0 Å². The van der Waals surface area contributed by atoms with E-state index in [1.807, 2.05) is 6.92 Å². The van der Waals surface area contributed by atoms with Crippen molar-refractivity contribution in [1.82, 2.24) is 9.29 Å². The van der Waals surface area contributed by atoms with Crippen molar-refractivity contribution in [2.45, 2.75) is 38.6 Å². The molecule has 0 bridgehead atoms. The molecule has 22 heavy (non-hydrogen) atoms. The molecule has 7 nitrogen and oxygen atoms in total.